The largest absolute Gasteiger partial charge is 0.497 e. The molecule has 0 saturated heterocycles. The van der Waals surface area contributed by atoms with E-state index in [0.29, 0.717) is 11.3 Å². The number of rotatable bonds is 7. The molecule has 1 aromatic heterocycles. The Morgan fingerprint density at radius 2 is 2.27 bits per heavy atom. The van der Waals surface area contributed by atoms with E-state index >= 15 is 0 Å². The van der Waals surface area contributed by atoms with E-state index in [0.717, 1.165) is 6.20 Å². The van der Waals surface area contributed by atoms with Gasteiger partial charge in [0.15, 0.2) is 5.03 Å². The van der Waals surface area contributed by atoms with Crippen molar-refractivity contribution >= 4 is 16.0 Å². The smallest absolute Gasteiger partial charge is 0.305 e. The first-order valence-corrected chi connectivity index (χ1v) is 7.77. The van der Waals surface area contributed by atoms with Crippen molar-refractivity contribution in [2.24, 2.45) is 0 Å². The molecule has 1 unspecified atom stereocenters. The molecule has 2 aromatic rings. The monoisotopic (exact) mass is 325 g/mol. The topological polar surface area (TPSA) is 121 Å². The minimum absolute atomic E-state index is 0.134. The van der Waals surface area contributed by atoms with E-state index in [2.05, 4.69) is 14.7 Å². The van der Waals surface area contributed by atoms with Crippen LogP contribution in [0.2, 0.25) is 0 Å². The van der Waals surface area contributed by atoms with E-state index in [1.54, 1.807) is 24.3 Å². The normalized spacial score (nSPS) is 12.8. The predicted molar refractivity (Wildman–Crippen MR) is 76.9 cm³/mol. The number of hydrogen-bond acceptors (Lipinski definition) is 5. The van der Waals surface area contributed by atoms with Crippen LogP contribution in [0.4, 0.5) is 0 Å². The molecule has 2 rings (SSSR count). The van der Waals surface area contributed by atoms with Crippen LogP contribution in [0.25, 0.3) is 0 Å². The zero-order valence-electron chi connectivity index (χ0n) is 11.7. The number of aromatic nitrogens is 2. The fourth-order valence-corrected chi connectivity index (χ4v) is 3.03. The Bertz CT molecular complexity index is 743. The van der Waals surface area contributed by atoms with E-state index in [-0.39, 0.29) is 5.03 Å². The fraction of sp³-hybridized carbons (Fsp3) is 0.231. The van der Waals surface area contributed by atoms with Crippen molar-refractivity contribution in [3.8, 4) is 5.75 Å². The first-order chi connectivity index (χ1) is 10.4. The van der Waals surface area contributed by atoms with Gasteiger partial charge in [-0.15, -0.1) is 0 Å². The Hall–Kier alpha value is -2.39. The number of benzene rings is 1. The van der Waals surface area contributed by atoms with Gasteiger partial charge in [0.05, 0.1) is 32.1 Å². The van der Waals surface area contributed by atoms with Gasteiger partial charge in [0, 0.05) is 0 Å². The molecule has 0 aliphatic carbocycles. The Labute approximate surface area is 127 Å². The molecule has 1 heterocycles. The molecule has 0 saturated carbocycles. The van der Waals surface area contributed by atoms with E-state index in [4.69, 9.17) is 9.84 Å². The van der Waals surface area contributed by atoms with Crippen LogP contribution in [-0.2, 0) is 14.8 Å². The third-order valence-electron chi connectivity index (χ3n) is 2.93. The molecule has 8 nitrogen and oxygen atoms in total. The van der Waals surface area contributed by atoms with Crippen LogP contribution < -0.4 is 9.46 Å². The van der Waals surface area contributed by atoms with Crippen LogP contribution >= 0.6 is 0 Å². The maximum absolute atomic E-state index is 12.2. The Morgan fingerprint density at radius 1 is 1.50 bits per heavy atom. The van der Waals surface area contributed by atoms with Gasteiger partial charge in [0.2, 0.25) is 0 Å². The molecule has 0 radical (unpaired) electrons. The summed E-state index contributed by atoms with van der Waals surface area (Å²) in [5.74, 6) is -0.617. The lowest BCUT2D eigenvalue weighted by Gasteiger charge is -2.17. The van der Waals surface area contributed by atoms with Crippen LogP contribution in [-0.4, -0.2) is 36.6 Å². The Balaban J connectivity index is 2.32. The molecular formula is C13H15N3O5S. The average Bonchev–Trinajstić information content (AvgIpc) is 3.01. The number of carboxylic acids is 1. The molecule has 0 fully saturated rings. The summed E-state index contributed by atoms with van der Waals surface area (Å²) >= 11 is 0. The van der Waals surface area contributed by atoms with Gasteiger partial charge in [0.25, 0.3) is 10.0 Å². The minimum atomic E-state index is -3.90. The van der Waals surface area contributed by atoms with Crippen LogP contribution in [0.5, 0.6) is 5.75 Å². The SMILES string of the molecule is COc1cccc(C(CC(=O)O)NS(=O)(=O)c2cnc[nH]2)c1. The number of nitrogens with one attached hydrogen (secondary N) is 2. The number of H-pyrrole nitrogens is 1. The zero-order valence-corrected chi connectivity index (χ0v) is 12.5. The van der Waals surface area contributed by atoms with Gasteiger partial charge in [-0.2, -0.15) is 0 Å². The third-order valence-corrected chi connectivity index (χ3v) is 4.33. The summed E-state index contributed by atoms with van der Waals surface area (Å²) < 4.78 is 31.8. The van der Waals surface area contributed by atoms with Gasteiger partial charge in [-0.1, -0.05) is 12.1 Å². The molecule has 3 N–H and O–H groups in total. The number of ether oxygens (including phenoxy) is 1. The van der Waals surface area contributed by atoms with Crippen LogP contribution in [0.15, 0.2) is 41.8 Å². The van der Waals surface area contributed by atoms with Gasteiger partial charge in [-0.25, -0.2) is 18.1 Å². The van der Waals surface area contributed by atoms with Crippen molar-refractivity contribution in [2.75, 3.05) is 7.11 Å². The van der Waals surface area contributed by atoms with Crippen molar-refractivity contribution in [3.63, 3.8) is 0 Å². The number of sulfonamides is 1. The molecule has 0 aliphatic rings. The maximum atomic E-state index is 12.2. The second-order valence-electron chi connectivity index (χ2n) is 4.46. The molecule has 0 aliphatic heterocycles. The van der Waals surface area contributed by atoms with Crippen molar-refractivity contribution < 1.29 is 23.1 Å². The lowest BCUT2D eigenvalue weighted by Crippen LogP contribution is -2.30. The molecule has 118 valence electrons. The third kappa shape index (κ3) is 3.83. The number of aliphatic carboxylic acids is 1. The summed E-state index contributed by atoms with van der Waals surface area (Å²) in [6, 6.07) is 5.63. The first-order valence-electron chi connectivity index (χ1n) is 6.29. The van der Waals surface area contributed by atoms with Gasteiger partial charge in [-0.05, 0) is 17.7 Å². The molecular weight excluding hydrogens is 310 g/mol. The van der Waals surface area contributed by atoms with Crippen molar-refractivity contribution in [3.05, 3.63) is 42.4 Å². The van der Waals surface area contributed by atoms with E-state index in [1.807, 2.05) is 0 Å². The first kappa shape index (κ1) is 16.0. The van der Waals surface area contributed by atoms with Gasteiger partial charge in [0.1, 0.15) is 5.75 Å². The molecule has 1 aromatic carbocycles. The average molecular weight is 325 g/mol. The van der Waals surface area contributed by atoms with E-state index in [9.17, 15) is 13.2 Å². The summed E-state index contributed by atoms with van der Waals surface area (Å²) in [6.45, 7) is 0. The molecule has 0 spiro atoms. The summed E-state index contributed by atoms with van der Waals surface area (Å²) in [7, 11) is -2.43. The highest BCUT2D eigenvalue weighted by Gasteiger charge is 2.24. The van der Waals surface area contributed by atoms with Gasteiger partial charge < -0.3 is 14.8 Å². The second kappa shape index (κ2) is 6.58. The molecule has 0 amide bonds. The van der Waals surface area contributed by atoms with Crippen LogP contribution in [0, 0.1) is 0 Å². The zero-order chi connectivity index (χ0) is 16.2. The molecule has 0 bridgehead atoms. The lowest BCUT2D eigenvalue weighted by atomic mass is 10.0. The predicted octanol–water partition coefficient (Wildman–Crippen LogP) is 0.913. The van der Waals surface area contributed by atoms with Gasteiger partial charge in [-0.3, -0.25) is 4.79 Å². The number of methoxy groups -OCH3 is 1. The summed E-state index contributed by atoms with van der Waals surface area (Å²) in [5.41, 5.74) is 0.491. The second-order valence-corrected chi connectivity index (χ2v) is 6.15. The maximum Gasteiger partial charge on any atom is 0.305 e. The summed E-state index contributed by atoms with van der Waals surface area (Å²) in [4.78, 5) is 17.1. The number of imidazole rings is 1. The highest BCUT2D eigenvalue weighted by molar-refractivity contribution is 7.89. The number of carbonyl (C=O) groups is 1. The van der Waals surface area contributed by atoms with Gasteiger partial charge >= 0.3 is 5.97 Å². The number of aromatic amines is 1. The fourth-order valence-electron chi connectivity index (χ4n) is 1.90. The van der Waals surface area contributed by atoms with Crippen LogP contribution in [0.3, 0.4) is 0 Å². The standard InChI is InChI=1S/C13H15N3O5S/c1-21-10-4-2-3-9(5-10)11(6-13(17)18)16-22(19,20)12-7-14-8-15-12/h2-5,7-8,11,16H,6H2,1H3,(H,14,15)(H,17,18). The van der Waals surface area contributed by atoms with E-state index < -0.39 is 28.5 Å². The van der Waals surface area contributed by atoms with E-state index in [1.165, 1.54) is 13.4 Å². The lowest BCUT2D eigenvalue weighted by molar-refractivity contribution is -0.137. The van der Waals surface area contributed by atoms with Crippen molar-refractivity contribution in [1.82, 2.24) is 14.7 Å². The highest BCUT2D eigenvalue weighted by atomic mass is 32.2. The summed E-state index contributed by atoms with van der Waals surface area (Å²) in [5, 5.41) is 8.88. The molecule has 1 atom stereocenters. The molecule has 9 heteroatoms. The molecule has 22 heavy (non-hydrogen) atoms. The Morgan fingerprint density at radius 3 is 2.86 bits per heavy atom. The highest BCUT2D eigenvalue weighted by Crippen LogP contribution is 2.23. The minimum Gasteiger partial charge on any atom is -0.497 e. The summed E-state index contributed by atoms with van der Waals surface area (Å²) in [6.07, 6.45) is 1.97. The number of hydrogen-bond donors (Lipinski definition) is 3. The number of carboxylic acid groups (broad SMARTS) is 1. The quantitative estimate of drug-likeness (QED) is 0.696. The van der Waals surface area contributed by atoms with Crippen molar-refractivity contribution in [2.45, 2.75) is 17.5 Å². The van der Waals surface area contributed by atoms with Crippen molar-refractivity contribution in [1.29, 1.82) is 0 Å². The number of nitrogens with zero attached hydrogens (tertiary/aromatic N) is 1. The van der Waals surface area contributed by atoms with Crippen LogP contribution in [0.1, 0.15) is 18.0 Å². The Kier molecular flexibility index (Phi) is 4.78.